The van der Waals surface area contributed by atoms with Crippen LogP contribution in [0, 0.1) is 6.92 Å². The zero-order valence-corrected chi connectivity index (χ0v) is 13.1. The van der Waals surface area contributed by atoms with Crippen LogP contribution in [-0.4, -0.2) is 22.0 Å². The van der Waals surface area contributed by atoms with Crippen molar-refractivity contribution in [2.24, 2.45) is 0 Å². The quantitative estimate of drug-likeness (QED) is 0.772. The summed E-state index contributed by atoms with van der Waals surface area (Å²) in [5, 5.41) is 13.0. The molecule has 1 amide bonds. The van der Waals surface area contributed by atoms with Gasteiger partial charge in [-0.1, -0.05) is 36.4 Å². The number of nitrogens with zero attached hydrogens (tertiary/aromatic N) is 1. The van der Waals surface area contributed by atoms with Crippen LogP contribution in [-0.2, 0) is 11.2 Å². The van der Waals surface area contributed by atoms with Crippen molar-refractivity contribution >= 4 is 28.5 Å². The Kier molecular flexibility index (Phi) is 4.24. The molecule has 3 rings (SSSR count). The third-order valence-corrected chi connectivity index (χ3v) is 3.83. The van der Waals surface area contributed by atoms with Gasteiger partial charge >= 0.3 is 5.97 Å². The van der Waals surface area contributed by atoms with Crippen LogP contribution >= 0.6 is 0 Å². The number of fused-ring (bicyclic) bond motifs is 1. The molecule has 24 heavy (non-hydrogen) atoms. The number of aromatic carboxylic acids is 1. The van der Waals surface area contributed by atoms with Crippen molar-refractivity contribution in [2.45, 2.75) is 13.3 Å². The average molecular weight is 320 g/mol. The summed E-state index contributed by atoms with van der Waals surface area (Å²) in [6.07, 6.45) is 1.71. The summed E-state index contributed by atoms with van der Waals surface area (Å²) in [6.45, 7) is 1.88. The number of amides is 1. The zero-order valence-electron chi connectivity index (χ0n) is 13.1. The molecule has 5 nitrogen and oxygen atoms in total. The van der Waals surface area contributed by atoms with E-state index in [2.05, 4.69) is 10.3 Å². The highest BCUT2D eigenvalue weighted by Gasteiger charge is 2.14. The van der Waals surface area contributed by atoms with Crippen molar-refractivity contribution in [3.63, 3.8) is 0 Å². The number of aryl methyl sites for hydroxylation is 1. The van der Waals surface area contributed by atoms with E-state index in [9.17, 15) is 14.7 Å². The van der Waals surface area contributed by atoms with E-state index < -0.39 is 5.97 Å². The molecule has 0 aliphatic carbocycles. The SMILES string of the molecule is Cc1cnc2ccccc2c1NC(=O)Cc1ccccc1C(=O)O. The van der Waals surface area contributed by atoms with Crippen molar-refractivity contribution < 1.29 is 14.7 Å². The Morgan fingerprint density at radius 2 is 1.79 bits per heavy atom. The van der Waals surface area contributed by atoms with Crippen LogP contribution in [0.2, 0.25) is 0 Å². The van der Waals surface area contributed by atoms with E-state index in [1.807, 2.05) is 31.2 Å². The molecule has 0 fully saturated rings. The molecule has 2 N–H and O–H groups in total. The number of rotatable bonds is 4. The zero-order chi connectivity index (χ0) is 17.1. The number of carboxylic acids is 1. The minimum Gasteiger partial charge on any atom is -0.478 e. The molecule has 0 bridgehead atoms. The molecule has 2 aromatic carbocycles. The lowest BCUT2D eigenvalue weighted by atomic mass is 10.0. The predicted molar refractivity (Wildman–Crippen MR) is 92.2 cm³/mol. The second-order valence-corrected chi connectivity index (χ2v) is 5.52. The first-order valence-corrected chi connectivity index (χ1v) is 7.51. The van der Waals surface area contributed by atoms with Gasteiger partial charge in [0.15, 0.2) is 0 Å². The van der Waals surface area contributed by atoms with Crippen LogP contribution in [0.15, 0.2) is 54.7 Å². The minimum absolute atomic E-state index is 0.00143. The smallest absolute Gasteiger partial charge is 0.335 e. The molecule has 1 heterocycles. The molecule has 0 radical (unpaired) electrons. The molecule has 120 valence electrons. The van der Waals surface area contributed by atoms with E-state index in [1.165, 1.54) is 6.07 Å². The summed E-state index contributed by atoms with van der Waals surface area (Å²) < 4.78 is 0. The van der Waals surface area contributed by atoms with Gasteiger partial charge in [-0.25, -0.2) is 4.79 Å². The highest BCUT2D eigenvalue weighted by atomic mass is 16.4. The van der Waals surface area contributed by atoms with Crippen molar-refractivity contribution in [3.8, 4) is 0 Å². The number of carboxylic acid groups (broad SMARTS) is 1. The van der Waals surface area contributed by atoms with E-state index in [-0.39, 0.29) is 17.9 Å². The molecular weight excluding hydrogens is 304 g/mol. The van der Waals surface area contributed by atoms with Gasteiger partial charge in [0.2, 0.25) is 5.91 Å². The Hall–Kier alpha value is -3.21. The molecule has 0 aliphatic heterocycles. The number of para-hydroxylation sites is 1. The summed E-state index contributed by atoms with van der Waals surface area (Å²) in [5.41, 5.74) is 2.98. The van der Waals surface area contributed by atoms with Gasteiger partial charge in [0.05, 0.1) is 23.2 Å². The van der Waals surface area contributed by atoms with Crippen molar-refractivity contribution in [3.05, 3.63) is 71.4 Å². The topological polar surface area (TPSA) is 79.3 Å². The van der Waals surface area contributed by atoms with Gasteiger partial charge in [0, 0.05) is 11.6 Å². The first-order chi connectivity index (χ1) is 11.6. The Morgan fingerprint density at radius 3 is 2.58 bits per heavy atom. The molecule has 0 saturated heterocycles. The van der Waals surface area contributed by atoms with Crippen molar-refractivity contribution in [1.82, 2.24) is 4.98 Å². The van der Waals surface area contributed by atoms with E-state index >= 15 is 0 Å². The largest absolute Gasteiger partial charge is 0.478 e. The van der Waals surface area contributed by atoms with Crippen molar-refractivity contribution in [2.75, 3.05) is 5.32 Å². The first kappa shape index (κ1) is 15.7. The maximum Gasteiger partial charge on any atom is 0.335 e. The summed E-state index contributed by atoms with van der Waals surface area (Å²) >= 11 is 0. The number of aromatic nitrogens is 1. The van der Waals surface area contributed by atoms with Gasteiger partial charge in [0.1, 0.15) is 0 Å². The molecule has 0 spiro atoms. The van der Waals surface area contributed by atoms with E-state index in [0.29, 0.717) is 11.3 Å². The summed E-state index contributed by atoms with van der Waals surface area (Å²) in [4.78, 5) is 28.0. The average Bonchev–Trinajstić information content (AvgIpc) is 2.58. The van der Waals surface area contributed by atoms with Crippen LogP contribution in [0.3, 0.4) is 0 Å². The number of hydrogen-bond acceptors (Lipinski definition) is 3. The second kappa shape index (κ2) is 6.50. The fraction of sp³-hybridized carbons (Fsp3) is 0.105. The number of hydrogen-bond donors (Lipinski definition) is 2. The maximum absolute atomic E-state index is 12.4. The summed E-state index contributed by atoms with van der Waals surface area (Å²) in [7, 11) is 0. The number of carbonyl (C=O) groups is 2. The number of benzene rings is 2. The van der Waals surface area contributed by atoms with Gasteiger partial charge < -0.3 is 10.4 Å². The van der Waals surface area contributed by atoms with Gasteiger partial charge in [-0.2, -0.15) is 0 Å². The molecule has 3 aromatic rings. The van der Waals surface area contributed by atoms with Crippen LogP contribution in [0.1, 0.15) is 21.5 Å². The lowest BCUT2D eigenvalue weighted by Gasteiger charge is -2.12. The van der Waals surface area contributed by atoms with Gasteiger partial charge in [-0.3, -0.25) is 9.78 Å². The Labute approximate surface area is 139 Å². The number of carbonyl (C=O) groups excluding carboxylic acids is 1. The minimum atomic E-state index is -1.04. The normalized spacial score (nSPS) is 10.5. The number of nitrogens with one attached hydrogen (secondary N) is 1. The van der Waals surface area contributed by atoms with Gasteiger partial charge in [-0.05, 0) is 30.2 Å². The summed E-state index contributed by atoms with van der Waals surface area (Å²) in [5.74, 6) is -1.30. The predicted octanol–water partition coefficient (Wildman–Crippen LogP) is 3.42. The highest BCUT2D eigenvalue weighted by molar-refractivity contribution is 6.03. The fourth-order valence-corrected chi connectivity index (χ4v) is 2.65. The molecule has 0 saturated carbocycles. The standard InChI is InChI=1S/C19H16N2O3/c1-12-11-20-16-9-5-4-8-15(16)18(12)21-17(22)10-13-6-2-3-7-14(13)19(23)24/h2-9,11H,10H2,1H3,(H,23,24)(H,20,21,22). The van der Waals surface area contributed by atoms with Crippen LogP contribution in [0.25, 0.3) is 10.9 Å². The second-order valence-electron chi connectivity index (χ2n) is 5.52. The molecule has 0 unspecified atom stereocenters. The third-order valence-electron chi connectivity index (χ3n) is 3.83. The number of pyridine rings is 1. The maximum atomic E-state index is 12.4. The van der Waals surface area contributed by atoms with E-state index in [0.717, 1.165) is 16.5 Å². The molecule has 1 aromatic heterocycles. The lowest BCUT2D eigenvalue weighted by molar-refractivity contribution is -0.115. The summed E-state index contributed by atoms with van der Waals surface area (Å²) in [6, 6.07) is 14.1. The Bertz CT molecular complexity index is 935. The van der Waals surface area contributed by atoms with Gasteiger partial charge in [-0.15, -0.1) is 0 Å². The first-order valence-electron chi connectivity index (χ1n) is 7.51. The molecule has 0 aliphatic rings. The molecule has 5 heteroatoms. The Balaban J connectivity index is 1.89. The monoisotopic (exact) mass is 320 g/mol. The van der Waals surface area contributed by atoms with E-state index in [1.54, 1.807) is 24.4 Å². The Morgan fingerprint density at radius 1 is 1.08 bits per heavy atom. The highest BCUT2D eigenvalue weighted by Crippen LogP contribution is 2.25. The number of anilines is 1. The fourth-order valence-electron chi connectivity index (χ4n) is 2.65. The van der Waals surface area contributed by atoms with Crippen LogP contribution in [0.4, 0.5) is 5.69 Å². The molecule has 0 atom stereocenters. The van der Waals surface area contributed by atoms with Crippen molar-refractivity contribution in [1.29, 1.82) is 0 Å². The lowest BCUT2D eigenvalue weighted by Crippen LogP contribution is -2.17. The van der Waals surface area contributed by atoms with Crippen LogP contribution < -0.4 is 5.32 Å². The van der Waals surface area contributed by atoms with E-state index in [4.69, 9.17) is 0 Å². The third kappa shape index (κ3) is 3.10. The van der Waals surface area contributed by atoms with Crippen LogP contribution in [0.5, 0.6) is 0 Å². The molecular formula is C19H16N2O3. The van der Waals surface area contributed by atoms with Gasteiger partial charge in [0.25, 0.3) is 0 Å².